The molecule has 1 unspecified atom stereocenters. The second-order valence-electron chi connectivity index (χ2n) is 7.99. The first-order valence-corrected chi connectivity index (χ1v) is 9.39. The van der Waals surface area contributed by atoms with Crippen LogP contribution in [0.4, 0.5) is 0 Å². The van der Waals surface area contributed by atoms with Crippen molar-refractivity contribution in [3.05, 3.63) is 47.3 Å². The molecule has 26 heavy (non-hydrogen) atoms. The van der Waals surface area contributed by atoms with Crippen LogP contribution in [0, 0.1) is 5.41 Å². The fourth-order valence-electron chi connectivity index (χ4n) is 4.80. The first-order chi connectivity index (χ1) is 12.5. The predicted octanol–water partition coefficient (Wildman–Crippen LogP) is 1.93. The average Bonchev–Trinajstić information content (AvgIpc) is 3.11. The van der Waals surface area contributed by atoms with E-state index in [9.17, 15) is 9.90 Å². The van der Waals surface area contributed by atoms with Crippen LogP contribution in [0.5, 0.6) is 0 Å². The summed E-state index contributed by atoms with van der Waals surface area (Å²) in [7, 11) is 2.12. The number of likely N-dealkylation sites (tertiary alicyclic amines) is 1. The third kappa shape index (κ3) is 2.97. The Labute approximate surface area is 153 Å². The van der Waals surface area contributed by atoms with Gasteiger partial charge in [-0.05, 0) is 38.4 Å². The monoisotopic (exact) mass is 354 g/mol. The maximum Gasteiger partial charge on any atom is 0.253 e. The van der Waals surface area contributed by atoms with Gasteiger partial charge in [0.05, 0.1) is 24.2 Å². The Bertz CT molecular complexity index is 829. The zero-order chi connectivity index (χ0) is 18.2. The van der Waals surface area contributed by atoms with Crippen molar-refractivity contribution in [1.82, 2.24) is 19.4 Å². The summed E-state index contributed by atoms with van der Waals surface area (Å²) < 4.78 is 1.57. The molecule has 2 aromatic rings. The van der Waals surface area contributed by atoms with Gasteiger partial charge in [-0.3, -0.25) is 14.3 Å². The van der Waals surface area contributed by atoms with Gasteiger partial charge in [-0.1, -0.05) is 12.8 Å². The molecule has 2 aliphatic rings. The van der Waals surface area contributed by atoms with Crippen LogP contribution in [-0.2, 0) is 6.54 Å². The third-order valence-electron chi connectivity index (χ3n) is 6.30. The molecule has 1 N–H and O–H groups in total. The molecular formula is C20H26N4O2. The molecule has 2 fully saturated rings. The standard InChI is InChI=1S/C20H26N4O2/c1-23-10-8-20(26,19(13-23)6-2-3-7-19)14-24-15-22-17(11-18(24)25)16-5-4-9-21-12-16/h4-5,9,11-12,15,26H,2-3,6-8,10,13-14H2,1H3. The molecule has 0 radical (unpaired) electrons. The van der Waals surface area contributed by atoms with Crippen LogP contribution in [0.25, 0.3) is 11.3 Å². The van der Waals surface area contributed by atoms with Crippen LogP contribution in [0.15, 0.2) is 41.7 Å². The van der Waals surface area contributed by atoms with Gasteiger partial charge in [-0.15, -0.1) is 0 Å². The molecule has 4 rings (SSSR count). The molecule has 0 amide bonds. The van der Waals surface area contributed by atoms with Gasteiger partial charge in [-0.2, -0.15) is 0 Å². The zero-order valence-electron chi connectivity index (χ0n) is 15.3. The third-order valence-corrected chi connectivity index (χ3v) is 6.30. The molecule has 0 bridgehead atoms. The van der Waals surface area contributed by atoms with Gasteiger partial charge in [0.2, 0.25) is 0 Å². The second-order valence-corrected chi connectivity index (χ2v) is 7.99. The van der Waals surface area contributed by atoms with E-state index in [-0.39, 0.29) is 11.0 Å². The highest BCUT2D eigenvalue weighted by atomic mass is 16.3. The van der Waals surface area contributed by atoms with Crippen molar-refractivity contribution in [3.8, 4) is 11.3 Å². The number of hydrogen-bond donors (Lipinski definition) is 1. The number of hydrogen-bond acceptors (Lipinski definition) is 5. The quantitative estimate of drug-likeness (QED) is 0.912. The number of rotatable bonds is 3. The van der Waals surface area contributed by atoms with E-state index in [1.807, 2.05) is 12.1 Å². The first kappa shape index (κ1) is 17.4. The topological polar surface area (TPSA) is 71.2 Å². The van der Waals surface area contributed by atoms with Crippen molar-refractivity contribution in [2.24, 2.45) is 5.41 Å². The Kier molecular flexibility index (Phi) is 4.40. The Balaban J connectivity index is 1.63. The van der Waals surface area contributed by atoms with Gasteiger partial charge < -0.3 is 10.0 Å². The molecule has 0 aromatic carbocycles. The Morgan fingerprint density at radius 3 is 2.77 bits per heavy atom. The van der Waals surface area contributed by atoms with Crippen molar-refractivity contribution in [1.29, 1.82) is 0 Å². The molecule has 1 atom stereocenters. The van der Waals surface area contributed by atoms with Crippen LogP contribution in [0.2, 0.25) is 0 Å². The van der Waals surface area contributed by atoms with Gasteiger partial charge in [0, 0.05) is 42.5 Å². The Hall–Kier alpha value is -2.05. The molecule has 6 heteroatoms. The minimum Gasteiger partial charge on any atom is -0.387 e. The van der Waals surface area contributed by atoms with Crippen molar-refractivity contribution in [2.75, 3.05) is 20.1 Å². The molecule has 1 aliphatic carbocycles. The van der Waals surface area contributed by atoms with Gasteiger partial charge in [0.1, 0.15) is 0 Å². The van der Waals surface area contributed by atoms with Crippen LogP contribution >= 0.6 is 0 Å². The number of pyridine rings is 1. The summed E-state index contributed by atoms with van der Waals surface area (Å²) in [5.74, 6) is 0. The SMILES string of the molecule is CN1CCC(O)(Cn2cnc(-c3cccnc3)cc2=O)C2(CCCC2)C1. The van der Waals surface area contributed by atoms with E-state index in [1.165, 1.54) is 6.07 Å². The number of aliphatic hydroxyl groups is 1. The van der Waals surface area contributed by atoms with Crippen LogP contribution in [-0.4, -0.2) is 50.3 Å². The molecule has 6 nitrogen and oxygen atoms in total. The fourth-order valence-corrected chi connectivity index (χ4v) is 4.80. The van der Waals surface area contributed by atoms with E-state index in [2.05, 4.69) is 21.9 Å². The largest absolute Gasteiger partial charge is 0.387 e. The highest BCUT2D eigenvalue weighted by Gasteiger charge is 2.54. The number of nitrogens with zero attached hydrogens (tertiary/aromatic N) is 4. The van der Waals surface area contributed by atoms with E-state index in [4.69, 9.17) is 0 Å². The van der Waals surface area contributed by atoms with Gasteiger partial charge in [-0.25, -0.2) is 4.98 Å². The van der Waals surface area contributed by atoms with E-state index >= 15 is 0 Å². The van der Waals surface area contributed by atoms with Gasteiger partial charge in [0.15, 0.2) is 0 Å². The van der Waals surface area contributed by atoms with Crippen LogP contribution < -0.4 is 5.56 Å². The Morgan fingerprint density at radius 1 is 1.27 bits per heavy atom. The highest BCUT2D eigenvalue weighted by Crippen LogP contribution is 2.51. The lowest BCUT2D eigenvalue weighted by Crippen LogP contribution is -2.60. The number of aromatic nitrogens is 3. The second kappa shape index (κ2) is 6.59. The summed E-state index contributed by atoms with van der Waals surface area (Å²) in [6, 6.07) is 5.25. The van der Waals surface area contributed by atoms with Crippen molar-refractivity contribution >= 4 is 0 Å². The van der Waals surface area contributed by atoms with E-state index in [1.54, 1.807) is 23.3 Å². The summed E-state index contributed by atoms with van der Waals surface area (Å²) >= 11 is 0. The molecule has 1 spiro atoms. The molecule has 138 valence electrons. The Morgan fingerprint density at radius 2 is 2.08 bits per heavy atom. The molecule has 1 aliphatic heterocycles. The first-order valence-electron chi connectivity index (χ1n) is 9.39. The molecule has 3 heterocycles. The maximum atomic E-state index is 12.7. The van der Waals surface area contributed by atoms with Crippen molar-refractivity contribution < 1.29 is 5.11 Å². The lowest BCUT2D eigenvalue weighted by Gasteiger charge is -2.51. The summed E-state index contributed by atoms with van der Waals surface area (Å²) in [6.07, 6.45) is 10.0. The maximum absolute atomic E-state index is 12.7. The molecule has 1 saturated heterocycles. The van der Waals surface area contributed by atoms with Gasteiger partial charge >= 0.3 is 0 Å². The summed E-state index contributed by atoms with van der Waals surface area (Å²) in [5, 5.41) is 11.6. The van der Waals surface area contributed by atoms with E-state index in [0.717, 1.165) is 44.3 Å². The van der Waals surface area contributed by atoms with Gasteiger partial charge in [0.25, 0.3) is 5.56 Å². The molecule has 1 saturated carbocycles. The molecular weight excluding hydrogens is 328 g/mol. The summed E-state index contributed by atoms with van der Waals surface area (Å²) in [5.41, 5.74) is 0.352. The average molecular weight is 354 g/mol. The minimum absolute atomic E-state index is 0.110. The van der Waals surface area contributed by atoms with Crippen LogP contribution in [0.1, 0.15) is 32.1 Å². The van der Waals surface area contributed by atoms with Crippen LogP contribution in [0.3, 0.4) is 0 Å². The fraction of sp³-hybridized carbons (Fsp3) is 0.550. The lowest BCUT2D eigenvalue weighted by atomic mass is 9.66. The zero-order valence-corrected chi connectivity index (χ0v) is 15.3. The minimum atomic E-state index is -0.850. The summed E-state index contributed by atoms with van der Waals surface area (Å²) in [4.78, 5) is 23.5. The van der Waals surface area contributed by atoms with Crippen molar-refractivity contribution in [3.63, 3.8) is 0 Å². The predicted molar refractivity (Wildman–Crippen MR) is 99.7 cm³/mol. The smallest absolute Gasteiger partial charge is 0.253 e. The van der Waals surface area contributed by atoms with E-state index in [0.29, 0.717) is 18.7 Å². The normalized spacial score (nSPS) is 25.6. The lowest BCUT2D eigenvalue weighted by molar-refractivity contribution is -0.139. The highest BCUT2D eigenvalue weighted by molar-refractivity contribution is 5.56. The van der Waals surface area contributed by atoms with Crippen molar-refractivity contribution in [2.45, 2.75) is 44.2 Å². The molecule has 2 aromatic heterocycles. The number of piperidine rings is 1. The van der Waals surface area contributed by atoms with E-state index < -0.39 is 5.60 Å². The summed E-state index contributed by atoms with van der Waals surface area (Å²) in [6.45, 7) is 2.08.